The van der Waals surface area contributed by atoms with Crippen molar-refractivity contribution in [2.75, 3.05) is 0 Å². The molecule has 1 amide bonds. The minimum atomic E-state index is -0.355. The van der Waals surface area contributed by atoms with E-state index >= 15 is 0 Å². The van der Waals surface area contributed by atoms with Crippen LogP contribution in [0.2, 0.25) is 0 Å². The van der Waals surface area contributed by atoms with Crippen molar-refractivity contribution in [3.05, 3.63) is 0 Å². The van der Waals surface area contributed by atoms with Crippen LogP contribution in [0.25, 0.3) is 0 Å². The third-order valence-corrected chi connectivity index (χ3v) is 1.66. The van der Waals surface area contributed by atoms with Crippen LogP contribution >= 0.6 is 0 Å². The molecule has 0 bridgehead atoms. The minimum absolute atomic E-state index is 0.0399. The van der Waals surface area contributed by atoms with Gasteiger partial charge in [0.15, 0.2) is 0 Å². The van der Waals surface area contributed by atoms with Crippen LogP contribution in [0.1, 0.15) is 19.8 Å². The normalized spacial score (nSPS) is 33.6. The van der Waals surface area contributed by atoms with Crippen molar-refractivity contribution in [1.82, 2.24) is 10.6 Å². The van der Waals surface area contributed by atoms with E-state index in [2.05, 4.69) is 10.6 Å². The first-order chi connectivity index (χ1) is 4.72. The molecule has 0 aromatic carbocycles. The number of nitrogens with one attached hydrogen (secondary N) is 2. The number of hydrogen-bond acceptors (Lipinski definition) is 3. The Balaban J connectivity index is 2.42. The molecule has 0 aromatic rings. The van der Waals surface area contributed by atoms with Gasteiger partial charge in [-0.25, -0.2) is 0 Å². The topological polar surface area (TPSA) is 67.2 Å². The monoisotopic (exact) mass is 143 g/mol. The number of amides is 1. The van der Waals surface area contributed by atoms with Crippen molar-refractivity contribution in [1.29, 1.82) is 0 Å². The molecular weight excluding hydrogens is 130 g/mol. The summed E-state index contributed by atoms with van der Waals surface area (Å²) < 4.78 is 0. The molecule has 0 aliphatic carbocycles. The summed E-state index contributed by atoms with van der Waals surface area (Å²) in [6, 6.07) is 0.253. The highest BCUT2D eigenvalue weighted by atomic mass is 16.2. The Labute approximate surface area is 60.2 Å². The van der Waals surface area contributed by atoms with Crippen molar-refractivity contribution in [2.24, 2.45) is 5.73 Å². The van der Waals surface area contributed by atoms with Crippen LogP contribution in [0.4, 0.5) is 0 Å². The largest absolute Gasteiger partial charge is 0.328 e. The van der Waals surface area contributed by atoms with Crippen LogP contribution in [0.5, 0.6) is 0 Å². The van der Waals surface area contributed by atoms with Gasteiger partial charge in [-0.05, 0) is 6.42 Å². The van der Waals surface area contributed by atoms with Gasteiger partial charge in [0.2, 0.25) is 5.91 Å². The van der Waals surface area contributed by atoms with Crippen LogP contribution in [0, 0.1) is 0 Å². The van der Waals surface area contributed by atoms with Crippen LogP contribution in [0.15, 0.2) is 0 Å². The van der Waals surface area contributed by atoms with Crippen molar-refractivity contribution < 1.29 is 4.79 Å². The predicted molar refractivity (Wildman–Crippen MR) is 37.9 cm³/mol. The molecular formula is C6H13N3O. The Bertz CT molecular complexity index is 137. The highest BCUT2D eigenvalue weighted by Gasteiger charge is 2.20. The molecule has 10 heavy (non-hydrogen) atoms. The van der Waals surface area contributed by atoms with Gasteiger partial charge in [-0.3, -0.25) is 15.8 Å². The summed E-state index contributed by atoms with van der Waals surface area (Å²) in [7, 11) is 0. The molecule has 1 aliphatic rings. The molecule has 0 saturated carbocycles. The maximum atomic E-state index is 10.8. The molecule has 2 atom stereocenters. The molecule has 0 aromatic heterocycles. The number of carbonyl (C=O) groups is 1. The van der Waals surface area contributed by atoms with E-state index in [1.807, 2.05) is 6.92 Å². The summed E-state index contributed by atoms with van der Waals surface area (Å²) in [6.45, 7) is 2.03. The summed E-state index contributed by atoms with van der Waals surface area (Å²) in [6.07, 6.45) is 1.14. The molecule has 1 fully saturated rings. The molecule has 0 spiro atoms. The van der Waals surface area contributed by atoms with E-state index in [0.717, 1.165) is 6.42 Å². The van der Waals surface area contributed by atoms with Gasteiger partial charge in [-0.1, -0.05) is 6.92 Å². The van der Waals surface area contributed by atoms with E-state index in [0.29, 0.717) is 6.42 Å². The zero-order valence-electron chi connectivity index (χ0n) is 6.05. The van der Waals surface area contributed by atoms with Gasteiger partial charge < -0.3 is 5.32 Å². The molecule has 1 aliphatic heterocycles. The third kappa shape index (κ3) is 1.68. The second-order valence-corrected chi connectivity index (χ2v) is 2.52. The lowest BCUT2D eigenvalue weighted by atomic mass is 10.1. The fraction of sp³-hybridized carbons (Fsp3) is 0.833. The fourth-order valence-electron chi connectivity index (χ4n) is 1.07. The van der Waals surface area contributed by atoms with Crippen LogP contribution < -0.4 is 16.4 Å². The van der Waals surface area contributed by atoms with Gasteiger partial charge in [0.1, 0.15) is 6.29 Å². The lowest BCUT2D eigenvalue weighted by Crippen LogP contribution is -2.60. The van der Waals surface area contributed by atoms with Crippen molar-refractivity contribution in [2.45, 2.75) is 32.1 Å². The molecule has 4 heteroatoms. The molecule has 1 rings (SSSR count). The molecule has 1 saturated heterocycles. The average molecular weight is 143 g/mol. The Morgan fingerprint density at radius 3 is 3.00 bits per heavy atom. The zero-order chi connectivity index (χ0) is 7.56. The Morgan fingerprint density at radius 1 is 1.80 bits per heavy atom. The Kier molecular flexibility index (Phi) is 2.24. The third-order valence-electron chi connectivity index (χ3n) is 1.66. The van der Waals surface area contributed by atoms with Crippen molar-refractivity contribution in [3.8, 4) is 0 Å². The number of hydrogen-bond donors (Lipinski definition) is 3. The number of carbonyl (C=O) groups excluding carboxylic acids is 1. The predicted octanol–water partition coefficient (Wildman–Crippen LogP) is -0.883. The van der Waals surface area contributed by atoms with E-state index < -0.39 is 0 Å². The second-order valence-electron chi connectivity index (χ2n) is 2.52. The maximum absolute atomic E-state index is 10.8. The highest BCUT2D eigenvalue weighted by Crippen LogP contribution is 2.01. The lowest BCUT2D eigenvalue weighted by molar-refractivity contribution is -0.124. The first-order valence-corrected chi connectivity index (χ1v) is 3.53. The maximum Gasteiger partial charge on any atom is 0.223 e. The van der Waals surface area contributed by atoms with Crippen LogP contribution in [0.3, 0.4) is 0 Å². The van der Waals surface area contributed by atoms with Crippen LogP contribution in [-0.2, 0) is 4.79 Å². The van der Waals surface area contributed by atoms with E-state index in [1.54, 1.807) is 0 Å². The summed E-state index contributed by atoms with van der Waals surface area (Å²) in [5.41, 5.74) is 5.45. The molecule has 58 valence electrons. The van der Waals surface area contributed by atoms with Gasteiger partial charge in [-0.15, -0.1) is 0 Å². The van der Waals surface area contributed by atoms with Crippen molar-refractivity contribution in [3.63, 3.8) is 0 Å². The zero-order valence-corrected chi connectivity index (χ0v) is 6.05. The Morgan fingerprint density at radius 2 is 2.50 bits per heavy atom. The van der Waals surface area contributed by atoms with E-state index in [1.165, 1.54) is 0 Å². The molecule has 2 unspecified atom stereocenters. The fourth-order valence-corrected chi connectivity index (χ4v) is 1.07. The van der Waals surface area contributed by atoms with E-state index in [-0.39, 0.29) is 18.2 Å². The van der Waals surface area contributed by atoms with Crippen LogP contribution in [-0.4, -0.2) is 18.2 Å². The summed E-state index contributed by atoms with van der Waals surface area (Å²) in [5, 5.41) is 5.61. The lowest BCUT2D eigenvalue weighted by Gasteiger charge is -2.27. The molecule has 4 nitrogen and oxygen atoms in total. The smallest absolute Gasteiger partial charge is 0.223 e. The standard InChI is InChI=1S/C6H13N3O/c1-2-4-3-5(10)9-6(7)8-4/h4,6,8H,2-3,7H2,1H3,(H,9,10). The minimum Gasteiger partial charge on any atom is -0.328 e. The molecule has 0 radical (unpaired) electrons. The number of nitrogens with two attached hydrogens (primary N) is 1. The first-order valence-electron chi connectivity index (χ1n) is 3.53. The van der Waals surface area contributed by atoms with Gasteiger partial charge in [0, 0.05) is 12.5 Å². The first kappa shape index (κ1) is 7.50. The summed E-state index contributed by atoms with van der Waals surface area (Å²) in [4.78, 5) is 10.8. The van der Waals surface area contributed by atoms with E-state index in [9.17, 15) is 4.79 Å². The van der Waals surface area contributed by atoms with E-state index in [4.69, 9.17) is 5.73 Å². The quantitative estimate of drug-likeness (QED) is 0.446. The van der Waals surface area contributed by atoms with Crippen molar-refractivity contribution >= 4 is 5.91 Å². The SMILES string of the molecule is CCC1CC(=O)NC(N)N1. The summed E-state index contributed by atoms with van der Waals surface area (Å²) in [5.74, 6) is 0.0399. The second kappa shape index (κ2) is 2.98. The van der Waals surface area contributed by atoms with Gasteiger partial charge >= 0.3 is 0 Å². The molecule has 1 heterocycles. The molecule has 4 N–H and O–H groups in total. The summed E-state index contributed by atoms with van der Waals surface area (Å²) >= 11 is 0. The highest BCUT2D eigenvalue weighted by molar-refractivity contribution is 5.77. The van der Waals surface area contributed by atoms with Gasteiger partial charge in [0.05, 0.1) is 0 Å². The average Bonchev–Trinajstić information content (AvgIpc) is 1.85. The van der Waals surface area contributed by atoms with Gasteiger partial charge in [0.25, 0.3) is 0 Å². The number of rotatable bonds is 1. The van der Waals surface area contributed by atoms with Gasteiger partial charge in [-0.2, -0.15) is 0 Å². The Hall–Kier alpha value is -0.610.